The summed E-state index contributed by atoms with van der Waals surface area (Å²) in [5.41, 5.74) is 1.23. The molecular weight excluding hydrogens is 262 g/mol. The Balaban J connectivity index is 1.87. The number of hydrogen-bond acceptors (Lipinski definition) is 5. The highest BCUT2D eigenvalue weighted by molar-refractivity contribution is 7.99. The molecule has 6 nitrogen and oxygen atoms in total. The summed E-state index contributed by atoms with van der Waals surface area (Å²) in [5.74, 6) is 0.129. The Hall–Kier alpha value is -2.33. The minimum absolute atomic E-state index is 0.127. The number of carbonyl (C=O) groups is 1. The minimum atomic E-state index is -0.127. The van der Waals surface area contributed by atoms with Crippen LogP contribution in [0.1, 0.15) is 5.56 Å². The second-order valence-corrected chi connectivity index (χ2v) is 4.63. The summed E-state index contributed by atoms with van der Waals surface area (Å²) in [6, 6.07) is 8.73. The molecule has 96 valence electrons. The van der Waals surface area contributed by atoms with Crippen LogP contribution in [0.2, 0.25) is 0 Å². The van der Waals surface area contributed by atoms with E-state index in [1.165, 1.54) is 18.1 Å². The molecule has 0 bridgehead atoms. The zero-order chi connectivity index (χ0) is 13.7. The molecule has 7 heteroatoms. The molecule has 0 saturated heterocycles. The predicted octanol–water partition coefficient (Wildman–Crippen LogP) is 1.42. The molecule has 2 aromatic rings. The molecule has 1 amide bonds. The van der Waals surface area contributed by atoms with E-state index in [4.69, 9.17) is 5.26 Å². The average molecular weight is 273 g/mol. The maximum absolute atomic E-state index is 11.7. The highest BCUT2D eigenvalue weighted by Crippen LogP contribution is 2.14. The number of nitriles is 1. The van der Waals surface area contributed by atoms with Crippen molar-refractivity contribution in [3.63, 3.8) is 0 Å². The van der Waals surface area contributed by atoms with Gasteiger partial charge in [-0.3, -0.25) is 4.79 Å². The van der Waals surface area contributed by atoms with Gasteiger partial charge in [0.1, 0.15) is 6.33 Å². The third-order valence-electron chi connectivity index (χ3n) is 2.30. The largest absolute Gasteiger partial charge is 0.325 e. The molecule has 0 atom stereocenters. The Morgan fingerprint density at radius 2 is 2.21 bits per heavy atom. The highest BCUT2D eigenvalue weighted by atomic mass is 32.2. The first kappa shape index (κ1) is 13.1. The first-order valence-corrected chi connectivity index (χ1v) is 6.44. The van der Waals surface area contributed by atoms with Crippen LogP contribution in [0.5, 0.6) is 0 Å². The first-order valence-electron chi connectivity index (χ1n) is 5.46. The van der Waals surface area contributed by atoms with E-state index < -0.39 is 0 Å². The summed E-state index contributed by atoms with van der Waals surface area (Å²) in [4.78, 5) is 15.7. The van der Waals surface area contributed by atoms with Crippen molar-refractivity contribution in [3.05, 3.63) is 36.2 Å². The molecule has 0 radical (unpaired) electrons. The summed E-state index contributed by atoms with van der Waals surface area (Å²) in [5, 5.41) is 16.0. The molecule has 19 heavy (non-hydrogen) atoms. The molecular formula is C12H11N5OS. The van der Waals surface area contributed by atoms with Crippen LogP contribution in [-0.4, -0.2) is 26.4 Å². The molecule has 0 fully saturated rings. The molecule has 0 spiro atoms. The number of nitrogens with one attached hydrogen (secondary N) is 1. The van der Waals surface area contributed by atoms with E-state index in [1.807, 2.05) is 6.07 Å². The van der Waals surface area contributed by atoms with Gasteiger partial charge >= 0.3 is 0 Å². The lowest BCUT2D eigenvalue weighted by Crippen LogP contribution is -2.14. The maximum Gasteiger partial charge on any atom is 0.234 e. The van der Waals surface area contributed by atoms with E-state index in [1.54, 1.807) is 36.0 Å². The SMILES string of the molecule is Cn1ncnc1SCC(=O)Nc1ccc(C#N)cc1. The summed E-state index contributed by atoms with van der Waals surface area (Å²) in [6.07, 6.45) is 1.45. The molecule has 0 aliphatic carbocycles. The second kappa shape index (κ2) is 6.02. The third kappa shape index (κ3) is 3.56. The number of rotatable bonds is 4. The van der Waals surface area contributed by atoms with Gasteiger partial charge in [0, 0.05) is 12.7 Å². The number of amides is 1. The standard InChI is InChI=1S/C12H11N5OS/c1-17-12(14-8-15-17)19-7-11(18)16-10-4-2-9(6-13)3-5-10/h2-5,8H,7H2,1H3,(H,16,18). The lowest BCUT2D eigenvalue weighted by Gasteiger charge is -2.04. The van der Waals surface area contributed by atoms with Gasteiger partial charge < -0.3 is 5.32 Å². The fourth-order valence-corrected chi connectivity index (χ4v) is 2.06. The predicted molar refractivity (Wildman–Crippen MR) is 71.5 cm³/mol. The topological polar surface area (TPSA) is 83.6 Å². The molecule has 0 aliphatic rings. The lowest BCUT2D eigenvalue weighted by atomic mass is 10.2. The lowest BCUT2D eigenvalue weighted by molar-refractivity contribution is -0.113. The van der Waals surface area contributed by atoms with Gasteiger partial charge in [0.05, 0.1) is 17.4 Å². The molecule has 0 saturated carbocycles. The fraction of sp³-hybridized carbons (Fsp3) is 0.167. The van der Waals surface area contributed by atoms with E-state index in [9.17, 15) is 4.79 Å². The zero-order valence-corrected chi connectivity index (χ0v) is 11.0. The van der Waals surface area contributed by atoms with E-state index in [0.29, 0.717) is 16.4 Å². The van der Waals surface area contributed by atoms with Gasteiger partial charge in [-0.1, -0.05) is 11.8 Å². The maximum atomic E-state index is 11.7. The molecule has 2 rings (SSSR count). The summed E-state index contributed by atoms with van der Waals surface area (Å²) >= 11 is 1.31. The smallest absolute Gasteiger partial charge is 0.234 e. The molecule has 1 aromatic carbocycles. The summed E-state index contributed by atoms with van der Waals surface area (Å²) in [7, 11) is 1.77. The van der Waals surface area contributed by atoms with Gasteiger partial charge in [-0.25, -0.2) is 9.67 Å². The normalized spacial score (nSPS) is 9.89. The van der Waals surface area contributed by atoms with Gasteiger partial charge in [0.15, 0.2) is 5.16 Å². The Kier molecular flexibility index (Phi) is 4.15. The van der Waals surface area contributed by atoms with Crippen LogP contribution in [0.3, 0.4) is 0 Å². The number of anilines is 1. The van der Waals surface area contributed by atoms with Crippen LogP contribution < -0.4 is 5.32 Å². The van der Waals surface area contributed by atoms with Gasteiger partial charge in [-0.2, -0.15) is 10.4 Å². The number of aryl methyl sites for hydroxylation is 1. The first-order chi connectivity index (χ1) is 9.19. The monoisotopic (exact) mass is 273 g/mol. The van der Waals surface area contributed by atoms with Crippen molar-refractivity contribution in [2.75, 3.05) is 11.1 Å². The van der Waals surface area contributed by atoms with E-state index in [0.717, 1.165) is 0 Å². The van der Waals surface area contributed by atoms with Crippen LogP contribution in [0.15, 0.2) is 35.7 Å². The van der Waals surface area contributed by atoms with Crippen molar-refractivity contribution in [2.24, 2.45) is 7.05 Å². The van der Waals surface area contributed by atoms with Gasteiger partial charge in [-0.05, 0) is 24.3 Å². The van der Waals surface area contributed by atoms with Gasteiger partial charge in [0.2, 0.25) is 5.91 Å². The van der Waals surface area contributed by atoms with Crippen LogP contribution >= 0.6 is 11.8 Å². The molecule has 0 unspecified atom stereocenters. The van der Waals surface area contributed by atoms with Crippen molar-refractivity contribution in [3.8, 4) is 6.07 Å². The average Bonchev–Trinajstić information content (AvgIpc) is 2.83. The van der Waals surface area contributed by atoms with E-state index in [-0.39, 0.29) is 11.7 Å². The Bertz CT molecular complexity index is 614. The number of benzene rings is 1. The molecule has 0 aliphatic heterocycles. The summed E-state index contributed by atoms with van der Waals surface area (Å²) in [6.45, 7) is 0. The zero-order valence-electron chi connectivity index (χ0n) is 10.2. The van der Waals surface area contributed by atoms with Crippen LogP contribution in [0, 0.1) is 11.3 Å². The fourth-order valence-electron chi connectivity index (χ4n) is 1.37. The van der Waals surface area contributed by atoms with Gasteiger partial charge in [-0.15, -0.1) is 0 Å². The Morgan fingerprint density at radius 3 is 2.79 bits per heavy atom. The number of thioether (sulfide) groups is 1. The molecule has 1 N–H and O–H groups in total. The molecule has 1 aromatic heterocycles. The van der Waals surface area contributed by atoms with Crippen molar-refractivity contribution < 1.29 is 4.79 Å². The summed E-state index contributed by atoms with van der Waals surface area (Å²) < 4.78 is 1.61. The van der Waals surface area contributed by atoms with E-state index in [2.05, 4.69) is 15.4 Å². The van der Waals surface area contributed by atoms with Crippen LogP contribution in [0.25, 0.3) is 0 Å². The Morgan fingerprint density at radius 1 is 1.47 bits per heavy atom. The van der Waals surface area contributed by atoms with Crippen molar-refractivity contribution in [1.29, 1.82) is 5.26 Å². The number of nitrogens with zero attached hydrogens (tertiary/aromatic N) is 4. The van der Waals surface area contributed by atoms with Crippen molar-refractivity contribution >= 4 is 23.4 Å². The Labute approximate surface area is 114 Å². The number of carbonyl (C=O) groups excluding carboxylic acids is 1. The number of hydrogen-bond donors (Lipinski definition) is 1. The quantitative estimate of drug-likeness (QED) is 0.852. The van der Waals surface area contributed by atoms with Gasteiger partial charge in [0.25, 0.3) is 0 Å². The van der Waals surface area contributed by atoms with E-state index >= 15 is 0 Å². The second-order valence-electron chi connectivity index (χ2n) is 3.69. The number of aromatic nitrogens is 3. The van der Waals surface area contributed by atoms with Crippen molar-refractivity contribution in [2.45, 2.75) is 5.16 Å². The minimum Gasteiger partial charge on any atom is -0.325 e. The third-order valence-corrected chi connectivity index (χ3v) is 3.33. The van der Waals surface area contributed by atoms with Crippen molar-refractivity contribution in [1.82, 2.24) is 14.8 Å². The molecule has 1 heterocycles. The van der Waals surface area contributed by atoms with Crippen LogP contribution in [-0.2, 0) is 11.8 Å². The van der Waals surface area contributed by atoms with Crippen LogP contribution in [0.4, 0.5) is 5.69 Å². The highest BCUT2D eigenvalue weighted by Gasteiger charge is 2.07.